The number of aryl methyl sites for hydroxylation is 1. The summed E-state index contributed by atoms with van der Waals surface area (Å²) in [5, 5.41) is 0. The van der Waals surface area contributed by atoms with Gasteiger partial charge in [-0.25, -0.2) is 0 Å². The molecule has 1 fully saturated rings. The second kappa shape index (κ2) is 5.06. The number of hydrogen-bond acceptors (Lipinski definition) is 2. The van der Waals surface area contributed by atoms with Crippen molar-refractivity contribution in [3.63, 3.8) is 0 Å². The van der Waals surface area contributed by atoms with E-state index < -0.39 is 0 Å². The molecule has 0 aromatic heterocycles. The molecule has 2 nitrogen and oxygen atoms in total. The van der Waals surface area contributed by atoms with Crippen LogP contribution in [0.2, 0.25) is 0 Å². The molecule has 0 saturated heterocycles. The minimum absolute atomic E-state index is 0.186. The molecule has 0 N–H and O–H groups in total. The molecule has 1 aromatic rings. The van der Waals surface area contributed by atoms with Crippen molar-refractivity contribution in [2.75, 3.05) is 13.7 Å². The fourth-order valence-electron chi connectivity index (χ4n) is 5.61. The Morgan fingerprint density at radius 1 is 1.32 bits per heavy atom. The molecule has 1 saturated carbocycles. The normalized spacial score (nSPS) is 36.0. The summed E-state index contributed by atoms with van der Waals surface area (Å²) in [5.41, 5.74) is 3.94. The van der Waals surface area contributed by atoms with Crippen LogP contribution in [0.1, 0.15) is 43.2 Å². The van der Waals surface area contributed by atoms with Gasteiger partial charge in [0.15, 0.2) is 0 Å². The maximum atomic E-state index is 12.3. The van der Waals surface area contributed by atoms with Gasteiger partial charge in [0.2, 0.25) is 0 Å². The molecule has 116 valence electrons. The molecule has 0 heterocycles. The van der Waals surface area contributed by atoms with Crippen molar-refractivity contribution >= 4 is 11.9 Å². The van der Waals surface area contributed by atoms with Crippen LogP contribution in [0.3, 0.4) is 0 Å². The summed E-state index contributed by atoms with van der Waals surface area (Å²) < 4.78 is 5.58. The number of hydrogen-bond donors (Lipinski definition) is 0. The summed E-state index contributed by atoms with van der Waals surface area (Å²) in [4.78, 5) is 12.3. The number of rotatable bonds is 3. The van der Waals surface area contributed by atoms with Gasteiger partial charge in [0, 0.05) is 12.5 Å². The number of carbonyl (C=O) groups excluding carboxylic acids is 1. The first-order valence-electron chi connectivity index (χ1n) is 8.50. The lowest BCUT2D eigenvalue weighted by atomic mass is 9.52. The highest BCUT2D eigenvalue weighted by Gasteiger charge is 2.57. The molecule has 1 aromatic carbocycles. The quantitative estimate of drug-likeness (QED) is 0.787. The minimum Gasteiger partial charge on any atom is -0.384 e. The highest BCUT2D eigenvalue weighted by Crippen LogP contribution is 2.63. The van der Waals surface area contributed by atoms with Gasteiger partial charge in [-0.15, -0.1) is 0 Å². The van der Waals surface area contributed by atoms with Crippen LogP contribution in [0.4, 0.5) is 0 Å². The molecule has 22 heavy (non-hydrogen) atoms. The van der Waals surface area contributed by atoms with Crippen LogP contribution in [0.15, 0.2) is 30.3 Å². The van der Waals surface area contributed by atoms with E-state index in [1.165, 1.54) is 42.2 Å². The first-order valence-corrected chi connectivity index (χ1v) is 8.50. The average Bonchev–Trinajstić information content (AvgIpc) is 2.99. The van der Waals surface area contributed by atoms with Crippen LogP contribution in [-0.4, -0.2) is 20.0 Å². The predicted octanol–water partition coefficient (Wildman–Crippen LogP) is 4.04. The van der Waals surface area contributed by atoms with Gasteiger partial charge in [0.1, 0.15) is 6.29 Å². The summed E-state index contributed by atoms with van der Waals surface area (Å²) in [7, 11) is 1.80. The molecule has 0 amide bonds. The molecular formula is C20H24O2. The van der Waals surface area contributed by atoms with Crippen LogP contribution in [0.25, 0.3) is 5.57 Å². The summed E-state index contributed by atoms with van der Waals surface area (Å²) in [6, 6.07) is 8.64. The van der Waals surface area contributed by atoms with Crippen LogP contribution in [0.5, 0.6) is 0 Å². The Kier molecular flexibility index (Phi) is 3.26. The van der Waals surface area contributed by atoms with E-state index in [-0.39, 0.29) is 10.8 Å². The van der Waals surface area contributed by atoms with Crippen molar-refractivity contribution in [3.05, 3.63) is 41.5 Å². The van der Waals surface area contributed by atoms with E-state index in [0.717, 1.165) is 25.9 Å². The smallest absolute Gasteiger partial charge is 0.130 e. The van der Waals surface area contributed by atoms with Crippen LogP contribution in [-0.2, 0) is 16.0 Å². The Morgan fingerprint density at radius 2 is 2.18 bits per heavy atom. The maximum Gasteiger partial charge on any atom is 0.130 e. The molecule has 0 bridgehead atoms. The van der Waals surface area contributed by atoms with Crippen LogP contribution < -0.4 is 0 Å². The Labute approximate surface area is 132 Å². The van der Waals surface area contributed by atoms with Gasteiger partial charge in [-0.05, 0) is 54.7 Å². The van der Waals surface area contributed by atoms with Crippen molar-refractivity contribution in [2.45, 2.75) is 38.5 Å². The summed E-state index contributed by atoms with van der Waals surface area (Å²) in [6.07, 6.45) is 10.3. The SMILES string of the molecule is COC[C@]12CC=C3c4ccccc4CC[C@@]3(C=O)[C@@H]1CCC2. The van der Waals surface area contributed by atoms with Gasteiger partial charge in [0.05, 0.1) is 12.0 Å². The van der Waals surface area contributed by atoms with Crippen molar-refractivity contribution in [3.8, 4) is 0 Å². The molecule has 3 aliphatic rings. The molecule has 0 spiro atoms. The van der Waals surface area contributed by atoms with E-state index in [0.29, 0.717) is 5.92 Å². The molecule has 4 rings (SSSR count). The highest BCUT2D eigenvalue weighted by atomic mass is 16.5. The minimum atomic E-state index is -0.276. The third-order valence-corrected chi connectivity index (χ3v) is 6.50. The van der Waals surface area contributed by atoms with E-state index in [9.17, 15) is 4.79 Å². The van der Waals surface area contributed by atoms with Gasteiger partial charge in [-0.1, -0.05) is 36.8 Å². The number of carbonyl (C=O) groups is 1. The molecular weight excluding hydrogens is 272 g/mol. The van der Waals surface area contributed by atoms with Crippen LogP contribution in [0, 0.1) is 16.7 Å². The lowest BCUT2D eigenvalue weighted by molar-refractivity contribution is -0.120. The number of aldehydes is 1. The zero-order valence-electron chi connectivity index (χ0n) is 13.3. The van der Waals surface area contributed by atoms with Gasteiger partial charge in [-0.3, -0.25) is 0 Å². The zero-order chi connectivity index (χ0) is 15.2. The maximum absolute atomic E-state index is 12.3. The molecule has 3 atom stereocenters. The first-order chi connectivity index (χ1) is 10.8. The third-order valence-electron chi connectivity index (χ3n) is 6.50. The number of benzene rings is 1. The lowest BCUT2D eigenvalue weighted by Crippen LogP contribution is -2.48. The van der Waals surface area contributed by atoms with Gasteiger partial charge >= 0.3 is 0 Å². The summed E-state index contributed by atoms with van der Waals surface area (Å²) in [6.45, 7) is 0.790. The highest BCUT2D eigenvalue weighted by molar-refractivity contribution is 5.89. The van der Waals surface area contributed by atoms with E-state index >= 15 is 0 Å². The Morgan fingerprint density at radius 3 is 3.00 bits per heavy atom. The second-order valence-corrected chi connectivity index (χ2v) is 7.38. The van der Waals surface area contributed by atoms with Gasteiger partial charge in [-0.2, -0.15) is 0 Å². The number of methoxy groups -OCH3 is 1. The largest absolute Gasteiger partial charge is 0.384 e. The van der Waals surface area contributed by atoms with Gasteiger partial charge < -0.3 is 9.53 Å². The molecule has 3 aliphatic carbocycles. The molecule has 0 aliphatic heterocycles. The second-order valence-electron chi connectivity index (χ2n) is 7.38. The van der Waals surface area contributed by atoms with Gasteiger partial charge in [0.25, 0.3) is 0 Å². The summed E-state index contributed by atoms with van der Waals surface area (Å²) >= 11 is 0. The molecule has 2 heteroatoms. The fraction of sp³-hybridized carbons (Fsp3) is 0.550. The van der Waals surface area contributed by atoms with E-state index in [1.807, 2.05) is 0 Å². The Hall–Kier alpha value is -1.41. The van der Waals surface area contributed by atoms with E-state index in [4.69, 9.17) is 4.74 Å². The Balaban J connectivity index is 1.87. The molecule has 0 unspecified atom stereocenters. The Bertz CT molecular complexity index is 632. The van der Waals surface area contributed by atoms with Crippen LogP contribution >= 0.6 is 0 Å². The van der Waals surface area contributed by atoms with Crippen molar-refractivity contribution in [1.29, 1.82) is 0 Å². The topological polar surface area (TPSA) is 26.3 Å². The zero-order valence-corrected chi connectivity index (χ0v) is 13.3. The predicted molar refractivity (Wildman–Crippen MR) is 87.5 cm³/mol. The monoisotopic (exact) mass is 296 g/mol. The lowest BCUT2D eigenvalue weighted by Gasteiger charge is -2.51. The average molecular weight is 296 g/mol. The fourth-order valence-corrected chi connectivity index (χ4v) is 5.61. The molecule has 0 radical (unpaired) electrons. The van der Waals surface area contributed by atoms with E-state index in [1.54, 1.807) is 7.11 Å². The number of ether oxygens (including phenoxy) is 1. The van der Waals surface area contributed by atoms with Crippen molar-refractivity contribution < 1.29 is 9.53 Å². The van der Waals surface area contributed by atoms with E-state index in [2.05, 4.69) is 30.3 Å². The standard InChI is InChI=1S/C20H24O2/c1-22-14-19-10-4-7-18(19)20(13-21)12-8-15-5-2-3-6-16(15)17(20)9-11-19/h2-3,5-6,9,13,18H,4,7-8,10-12,14H2,1H3/t18-,19+,20+/m1/s1. The van der Waals surface area contributed by atoms with Crippen molar-refractivity contribution in [1.82, 2.24) is 0 Å². The third kappa shape index (κ3) is 1.73. The number of allylic oxidation sites excluding steroid dienone is 2. The number of fused-ring (bicyclic) bond motifs is 5. The summed E-state index contributed by atoms with van der Waals surface area (Å²) in [5.74, 6) is 0.450. The van der Waals surface area contributed by atoms with Crippen molar-refractivity contribution in [2.24, 2.45) is 16.7 Å². The first kappa shape index (κ1) is 14.2.